The monoisotopic (exact) mass is 204 g/mol. The second-order valence-corrected chi connectivity index (χ2v) is 3.03. The van der Waals surface area contributed by atoms with Gasteiger partial charge < -0.3 is 4.42 Å². The number of hydrogen-bond acceptors (Lipinski definition) is 4. The Morgan fingerprint density at radius 2 is 2.13 bits per heavy atom. The highest BCUT2D eigenvalue weighted by Gasteiger charge is 2.16. The van der Waals surface area contributed by atoms with Gasteiger partial charge in [-0.05, 0) is 6.07 Å². The van der Waals surface area contributed by atoms with Gasteiger partial charge in [0.25, 0.3) is 5.69 Å². The minimum Gasteiger partial charge on any atom is -0.449 e. The molecule has 0 saturated carbocycles. The molecular weight excluding hydrogens is 196 g/mol. The first-order chi connectivity index (χ1) is 7.18. The Balaban J connectivity index is 2.57. The maximum absolute atomic E-state index is 10.7. The van der Waals surface area contributed by atoms with Gasteiger partial charge in [0.05, 0.1) is 10.5 Å². The molecule has 0 atom stereocenters. The maximum Gasteiger partial charge on any atom is 0.278 e. The molecule has 0 aliphatic heterocycles. The van der Waals surface area contributed by atoms with Crippen LogP contribution in [0.5, 0.6) is 0 Å². The molecule has 0 unspecified atom stereocenters. The molecule has 2 aromatic rings. The van der Waals surface area contributed by atoms with Crippen LogP contribution >= 0.6 is 0 Å². The number of aryl methyl sites for hydroxylation is 1. The fraction of sp³-hybridized carbons (Fsp3) is 0.100. The van der Waals surface area contributed by atoms with Crippen LogP contribution in [0.3, 0.4) is 0 Å². The molecule has 5 nitrogen and oxygen atoms in total. The van der Waals surface area contributed by atoms with Crippen LogP contribution in [0.1, 0.15) is 5.89 Å². The Labute approximate surface area is 85.5 Å². The third-order valence-corrected chi connectivity index (χ3v) is 2.00. The van der Waals surface area contributed by atoms with Gasteiger partial charge in [-0.25, -0.2) is 4.98 Å². The van der Waals surface area contributed by atoms with E-state index in [0.717, 1.165) is 0 Å². The first kappa shape index (κ1) is 9.39. The van der Waals surface area contributed by atoms with Crippen molar-refractivity contribution in [1.82, 2.24) is 4.98 Å². The van der Waals surface area contributed by atoms with Gasteiger partial charge >= 0.3 is 0 Å². The Bertz CT molecular complexity index is 505. The van der Waals surface area contributed by atoms with Crippen molar-refractivity contribution in [2.24, 2.45) is 0 Å². The summed E-state index contributed by atoms with van der Waals surface area (Å²) in [6.07, 6.45) is 1.41. The van der Waals surface area contributed by atoms with Crippen molar-refractivity contribution in [2.75, 3.05) is 0 Å². The molecule has 0 radical (unpaired) electrons. The van der Waals surface area contributed by atoms with Crippen molar-refractivity contribution in [2.45, 2.75) is 6.92 Å². The Morgan fingerprint density at radius 1 is 1.40 bits per heavy atom. The summed E-state index contributed by atoms with van der Waals surface area (Å²) in [5.41, 5.74) is 0.991. The molecular formula is C10H8N2O3. The van der Waals surface area contributed by atoms with E-state index in [1.807, 2.05) is 0 Å². The molecule has 1 heterocycles. The van der Waals surface area contributed by atoms with Crippen molar-refractivity contribution in [1.29, 1.82) is 0 Å². The Hall–Kier alpha value is -2.17. The molecule has 0 aliphatic rings. The average molecular weight is 204 g/mol. The number of benzene rings is 1. The molecule has 0 N–H and O–H groups in total. The zero-order valence-corrected chi connectivity index (χ0v) is 8.01. The highest BCUT2D eigenvalue weighted by atomic mass is 16.6. The number of nitro groups is 1. The Morgan fingerprint density at radius 3 is 2.73 bits per heavy atom. The second-order valence-electron chi connectivity index (χ2n) is 3.03. The predicted octanol–water partition coefficient (Wildman–Crippen LogP) is 2.56. The second kappa shape index (κ2) is 3.53. The largest absolute Gasteiger partial charge is 0.449 e. The molecule has 0 bridgehead atoms. The normalized spacial score (nSPS) is 10.2. The summed E-state index contributed by atoms with van der Waals surface area (Å²) in [6.45, 7) is 1.69. The quantitative estimate of drug-likeness (QED) is 0.556. The van der Waals surface area contributed by atoms with Crippen molar-refractivity contribution in [3.8, 4) is 11.3 Å². The van der Waals surface area contributed by atoms with Crippen LogP contribution in [0.25, 0.3) is 11.3 Å². The van der Waals surface area contributed by atoms with E-state index in [-0.39, 0.29) is 5.69 Å². The van der Waals surface area contributed by atoms with Gasteiger partial charge in [-0.3, -0.25) is 10.1 Å². The van der Waals surface area contributed by atoms with E-state index in [1.165, 1.54) is 12.3 Å². The van der Waals surface area contributed by atoms with Crippen LogP contribution in [0.15, 0.2) is 34.9 Å². The fourth-order valence-corrected chi connectivity index (χ4v) is 1.34. The van der Waals surface area contributed by atoms with Crippen LogP contribution in [0.2, 0.25) is 0 Å². The highest BCUT2D eigenvalue weighted by Crippen LogP contribution is 2.28. The van der Waals surface area contributed by atoms with Crippen LogP contribution in [0, 0.1) is 17.0 Å². The molecule has 15 heavy (non-hydrogen) atoms. The number of hydrogen-bond donors (Lipinski definition) is 0. The molecule has 1 aromatic carbocycles. The smallest absolute Gasteiger partial charge is 0.278 e. The first-order valence-corrected chi connectivity index (χ1v) is 4.34. The summed E-state index contributed by atoms with van der Waals surface area (Å²) in [6, 6.07) is 6.44. The summed E-state index contributed by atoms with van der Waals surface area (Å²) in [7, 11) is 0. The lowest BCUT2D eigenvalue weighted by molar-refractivity contribution is -0.384. The van der Waals surface area contributed by atoms with Crippen LogP contribution in [0.4, 0.5) is 5.69 Å². The Kier molecular flexibility index (Phi) is 2.21. The van der Waals surface area contributed by atoms with E-state index in [9.17, 15) is 10.1 Å². The average Bonchev–Trinajstić information content (AvgIpc) is 2.65. The molecule has 2 rings (SSSR count). The predicted molar refractivity (Wildman–Crippen MR) is 53.3 cm³/mol. The molecule has 0 spiro atoms. The van der Waals surface area contributed by atoms with Gasteiger partial charge in [0, 0.05) is 13.0 Å². The fourth-order valence-electron chi connectivity index (χ4n) is 1.34. The molecule has 0 fully saturated rings. The topological polar surface area (TPSA) is 69.2 Å². The molecule has 5 heteroatoms. The molecule has 0 saturated heterocycles. The summed E-state index contributed by atoms with van der Waals surface area (Å²) < 4.78 is 5.02. The van der Waals surface area contributed by atoms with Crippen molar-refractivity contribution in [3.63, 3.8) is 0 Å². The van der Waals surface area contributed by atoms with E-state index in [2.05, 4.69) is 4.98 Å². The lowest BCUT2D eigenvalue weighted by Crippen LogP contribution is -1.91. The van der Waals surface area contributed by atoms with E-state index < -0.39 is 4.92 Å². The number of para-hydroxylation sites is 1. The third kappa shape index (κ3) is 1.71. The zero-order chi connectivity index (χ0) is 10.8. The number of oxazole rings is 1. The summed E-state index contributed by atoms with van der Waals surface area (Å²) in [5.74, 6) is 0.489. The van der Waals surface area contributed by atoms with Crippen molar-refractivity contribution < 1.29 is 9.34 Å². The lowest BCUT2D eigenvalue weighted by Gasteiger charge is -1.97. The molecule has 76 valence electrons. The number of rotatable bonds is 2. The van der Waals surface area contributed by atoms with Gasteiger partial charge in [0.1, 0.15) is 12.0 Å². The minimum absolute atomic E-state index is 0.0331. The summed E-state index contributed by atoms with van der Waals surface area (Å²) in [4.78, 5) is 14.4. The summed E-state index contributed by atoms with van der Waals surface area (Å²) in [5, 5.41) is 10.7. The lowest BCUT2D eigenvalue weighted by atomic mass is 10.1. The maximum atomic E-state index is 10.7. The van der Waals surface area contributed by atoms with E-state index in [0.29, 0.717) is 17.1 Å². The highest BCUT2D eigenvalue weighted by molar-refractivity contribution is 5.69. The van der Waals surface area contributed by atoms with E-state index >= 15 is 0 Å². The third-order valence-electron chi connectivity index (χ3n) is 2.00. The van der Waals surface area contributed by atoms with Crippen molar-refractivity contribution in [3.05, 3.63) is 46.5 Å². The molecule has 0 aliphatic carbocycles. The first-order valence-electron chi connectivity index (χ1n) is 4.34. The standard InChI is InChI=1S/C10H8N2O3/c1-7-11-9(6-15-7)8-4-2-3-5-10(8)12(13)14/h2-6H,1H3. The van der Waals surface area contributed by atoms with E-state index in [4.69, 9.17) is 4.42 Å². The SMILES string of the molecule is Cc1nc(-c2ccccc2[N+](=O)[O-])co1. The summed E-state index contributed by atoms with van der Waals surface area (Å²) >= 11 is 0. The van der Waals surface area contributed by atoms with Gasteiger partial charge in [0.15, 0.2) is 5.89 Å². The van der Waals surface area contributed by atoms with Gasteiger partial charge in [-0.15, -0.1) is 0 Å². The molecule has 1 aromatic heterocycles. The minimum atomic E-state index is -0.431. The van der Waals surface area contributed by atoms with Crippen LogP contribution < -0.4 is 0 Å². The van der Waals surface area contributed by atoms with E-state index in [1.54, 1.807) is 25.1 Å². The van der Waals surface area contributed by atoms with Crippen molar-refractivity contribution >= 4 is 5.69 Å². The number of nitro benzene ring substituents is 1. The van der Waals surface area contributed by atoms with Gasteiger partial charge in [-0.2, -0.15) is 0 Å². The number of nitrogens with zero attached hydrogens (tertiary/aromatic N) is 2. The molecule has 0 amide bonds. The number of aromatic nitrogens is 1. The van der Waals surface area contributed by atoms with Gasteiger partial charge in [-0.1, -0.05) is 12.1 Å². The zero-order valence-electron chi connectivity index (χ0n) is 8.01. The van der Waals surface area contributed by atoms with Gasteiger partial charge in [0.2, 0.25) is 0 Å². The van der Waals surface area contributed by atoms with Crippen LogP contribution in [-0.2, 0) is 0 Å². The van der Waals surface area contributed by atoms with Crippen LogP contribution in [-0.4, -0.2) is 9.91 Å².